The zero-order valence-corrected chi connectivity index (χ0v) is 12.6. The second-order valence-corrected chi connectivity index (χ2v) is 6.54. The van der Waals surface area contributed by atoms with Crippen LogP contribution in [0.4, 0.5) is 5.82 Å². The fourth-order valence-corrected chi connectivity index (χ4v) is 2.75. The molecule has 1 aromatic heterocycles. The van der Waals surface area contributed by atoms with Crippen molar-refractivity contribution in [2.75, 3.05) is 4.72 Å². The summed E-state index contributed by atoms with van der Waals surface area (Å²) >= 11 is 3.23. The van der Waals surface area contributed by atoms with Crippen molar-refractivity contribution in [3.63, 3.8) is 0 Å². The third kappa shape index (κ3) is 3.56. The van der Waals surface area contributed by atoms with Crippen molar-refractivity contribution in [2.45, 2.75) is 11.3 Å². The molecular formula is C13H10BrN3O2S. The molecule has 2 rings (SSSR count). The van der Waals surface area contributed by atoms with Gasteiger partial charge in [-0.3, -0.25) is 4.72 Å². The van der Waals surface area contributed by atoms with Crippen LogP contribution in [0.5, 0.6) is 0 Å². The summed E-state index contributed by atoms with van der Waals surface area (Å²) in [5, 5.41) is 8.57. The topological polar surface area (TPSA) is 82.8 Å². The van der Waals surface area contributed by atoms with Crippen LogP contribution in [0.25, 0.3) is 0 Å². The monoisotopic (exact) mass is 351 g/mol. The van der Waals surface area contributed by atoms with Crippen LogP contribution in [-0.2, 0) is 16.4 Å². The summed E-state index contributed by atoms with van der Waals surface area (Å²) in [6.45, 7) is 0. The van der Waals surface area contributed by atoms with Gasteiger partial charge in [0.05, 0.1) is 17.4 Å². The second kappa shape index (κ2) is 6.03. The average Bonchev–Trinajstić information content (AvgIpc) is 2.42. The minimum atomic E-state index is -3.67. The highest BCUT2D eigenvalue weighted by Gasteiger charge is 2.14. The summed E-state index contributed by atoms with van der Waals surface area (Å²) in [5.74, 6) is 0.245. The van der Waals surface area contributed by atoms with E-state index in [1.807, 2.05) is 6.07 Å². The van der Waals surface area contributed by atoms with Gasteiger partial charge in [-0.25, -0.2) is 13.4 Å². The summed E-state index contributed by atoms with van der Waals surface area (Å²) < 4.78 is 27.4. The average molecular weight is 352 g/mol. The highest BCUT2D eigenvalue weighted by Crippen LogP contribution is 2.16. The van der Waals surface area contributed by atoms with Crippen molar-refractivity contribution < 1.29 is 8.42 Å². The first kappa shape index (κ1) is 14.5. The summed E-state index contributed by atoms with van der Waals surface area (Å²) in [7, 11) is -3.67. The number of hydrogen-bond acceptors (Lipinski definition) is 4. The molecule has 1 aromatic carbocycles. The van der Waals surface area contributed by atoms with Crippen molar-refractivity contribution in [3.8, 4) is 6.07 Å². The van der Waals surface area contributed by atoms with Gasteiger partial charge in [0.2, 0.25) is 0 Å². The van der Waals surface area contributed by atoms with Gasteiger partial charge in [0, 0.05) is 10.7 Å². The van der Waals surface area contributed by atoms with Crippen LogP contribution in [-0.4, -0.2) is 13.4 Å². The quantitative estimate of drug-likeness (QED) is 0.917. The van der Waals surface area contributed by atoms with Gasteiger partial charge in [-0.1, -0.05) is 12.1 Å². The molecule has 0 aliphatic carbocycles. The SMILES string of the molecule is N#CCc1ccc(S(=O)(=O)Nc2ccc(Br)cn2)cc1. The Morgan fingerprint density at radius 1 is 1.20 bits per heavy atom. The number of pyridine rings is 1. The summed E-state index contributed by atoms with van der Waals surface area (Å²) in [6, 6.07) is 11.4. The maximum Gasteiger partial charge on any atom is 0.263 e. The summed E-state index contributed by atoms with van der Waals surface area (Å²) in [6.07, 6.45) is 1.76. The lowest BCUT2D eigenvalue weighted by Crippen LogP contribution is -2.13. The van der Waals surface area contributed by atoms with E-state index in [2.05, 4.69) is 25.6 Å². The minimum Gasteiger partial charge on any atom is -0.263 e. The molecule has 0 atom stereocenters. The number of benzene rings is 1. The molecule has 0 aliphatic rings. The van der Waals surface area contributed by atoms with Crippen LogP contribution in [0.15, 0.2) is 52.0 Å². The Bertz CT molecular complexity index is 735. The third-order valence-electron chi connectivity index (χ3n) is 2.48. The molecule has 20 heavy (non-hydrogen) atoms. The van der Waals surface area contributed by atoms with Gasteiger partial charge in [-0.2, -0.15) is 5.26 Å². The number of nitrogens with one attached hydrogen (secondary N) is 1. The number of aromatic nitrogens is 1. The Hall–Kier alpha value is -1.91. The molecule has 0 bridgehead atoms. The first-order chi connectivity index (χ1) is 9.51. The fraction of sp³-hybridized carbons (Fsp3) is 0.0769. The Morgan fingerprint density at radius 2 is 1.90 bits per heavy atom. The largest absolute Gasteiger partial charge is 0.263 e. The fourth-order valence-electron chi connectivity index (χ4n) is 1.51. The van der Waals surface area contributed by atoms with Crippen molar-refractivity contribution in [1.29, 1.82) is 5.26 Å². The van der Waals surface area contributed by atoms with Crippen LogP contribution < -0.4 is 4.72 Å². The van der Waals surface area contributed by atoms with Crippen LogP contribution in [0.3, 0.4) is 0 Å². The molecule has 0 radical (unpaired) electrons. The predicted molar refractivity (Wildman–Crippen MR) is 78.5 cm³/mol. The van der Waals surface area contributed by atoms with Crippen molar-refractivity contribution in [1.82, 2.24) is 4.98 Å². The van der Waals surface area contributed by atoms with E-state index < -0.39 is 10.0 Å². The summed E-state index contributed by atoms with van der Waals surface area (Å²) in [4.78, 5) is 4.08. The Labute approximate surface area is 125 Å². The van der Waals surface area contributed by atoms with E-state index in [4.69, 9.17) is 5.26 Å². The highest BCUT2D eigenvalue weighted by molar-refractivity contribution is 9.10. The van der Waals surface area contributed by atoms with E-state index in [0.29, 0.717) is 0 Å². The molecule has 0 fully saturated rings. The van der Waals surface area contributed by atoms with E-state index in [1.165, 1.54) is 18.3 Å². The lowest BCUT2D eigenvalue weighted by molar-refractivity contribution is 0.601. The number of sulfonamides is 1. The lowest BCUT2D eigenvalue weighted by Gasteiger charge is -2.07. The normalized spacial score (nSPS) is 10.8. The van der Waals surface area contributed by atoms with E-state index in [1.54, 1.807) is 24.3 Å². The van der Waals surface area contributed by atoms with Crippen LogP contribution >= 0.6 is 15.9 Å². The van der Waals surface area contributed by atoms with E-state index in [-0.39, 0.29) is 17.1 Å². The van der Waals surface area contributed by atoms with E-state index >= 15 is 0 Å². The highest BCUT2D eigenvalue weighted by atomic mass is 79.9. The van der Waals surface area contributed by atoms with Gasteiger partial charge >= 0.3 is 0 Å². The second-order valence-electron chi connectivity index (χ2n) is 3.95. The van der Waals surface area contributed by atoms with Crippen LogP contribution in [0.2, 0.25) is 0 Å². The lowest BCUT2D eigenvalue weighted by atomic mass is 10.2. The minimum absolute atomic E-state index is 0.129. The number of rotatable bonds is 4. The van der Waals surface area contributed by atoms with Gasteiger partial charge < -0.3 is 0 Å². The van der Waals surface area contributed by atoms with Gasteiger partial charge in [0.1, 0.15) is 5.82 Å². The molecule has 0 spiro atoms. The van der Waals surface area contributed by atoms with Gasteiger partial charge in [0.15, 0.2) is 0 Å². The van der Waals surface area contributed by atoms with Crippen molar-refractivity contribution in [3.05, 3.63) is 52.6 Å². The molecule has 2 aromatic rings. The molecule has 1 N–H and O–H groups in total. The molecule has 0 saturated heterocycles. The summed E-state index contributed by atoms with van der Waals surface area (Å²) in [5.41, 5.74) is 0.771. The first-order valence-corrected chi connectivity index (χ1v) is 7.89. The van der Waals surface area contributed by atoms with Crippen LogP contribution in [0, 0.1) is 11.3 Å². The number of anilines is 1. The number of nitrogens with zero attached hydrogens (tertiary/aromatic N) is 2. The van der Waals surface area contributed by atoms with Crippen LogP contribution in [0.1, 0.15) is 5.56 Å². The molecule has 102 valence electrons. The van der Waals surface area contributed by atoms with Gasteiger partial charge in [-0.15, -0.1) is 0 Å². The smallest absolute Gasteiger partial charge is 0.263 e. The molecular weight excluding hydrogens is 342 g/mol. The molecule has 5 nitrogen and oxygen atoms in total. The van der Waals surface area contributed by atoms with Crippen molar-refractivity contribution >= 4 is 31.8 Å². The molecule has 0 aliphatic heterocycles. The van der Waals surface area contributed by atoms with Crippen molar-refractivity contribution in [2.24, 2.45) is 0 Å². The standard InChI is InChI=1S/C13H10BrN3O2S/c14-11-3-6-13(16-9-11)17-20(18,19)12-4-1-10(2-5-12)7-8-15/h1-6,9H,7H2,(H,16,17). The molecule has 0 unspecified atom stereocenters. The Kier molecular flexibility index (Phi) is 4.37. The van der Waals surface area contributed by atoms with Gasteiger partial charge in [-0.05, 0) is 45.8 Å². The molecule has 1 heterocycles. The molecule has 7 heteroatoms. The zero-order chi connectivity index (χ0) is 14.6. The third-order valence-corrected chi connectivity index (χ3v) is 4.32. The first-order valence-electron chi connectivity index (χ1n) is 5.61. The molecule has 0 saturated carbocycles. The number of hydrogen-bond donors (Lipinski definition) is 1. The molecule has 0 amide bonds. The number of nitriles is 1. The van der Waals surface area contributed by atoms with E-state index in [0.717, 1.165) is 10.0 Å². The maximum absolute atomic E-state index is 12.1. The van der Waals surface area contributed by atoms with E-state index in [9.17, 15) is 8.42 Å². The predicted octanol–water partition coefficient (Wildman–Crippen LogP) is 2.71. The zero-order valence-electron chi connectivity index (χ0n) is 10.2. The Balaban J connectivity index is 2.22. The Morgan fingerprint density at radius 3 is 2.45 bits per heavy atom. The van der Waals surface area contributed by atoms with Gasteiger partial charge in [0.25, 0.3) is 10.0 Å². The maximum atomic E-state index is 12.1. The number of halogens is 1.